The van der Waals surface area contributed by atoms with Crippen molar-refractivity contribution in [1.82, 2.24) is 9.97 Å². The van der Waals surface area contributed by atoms with Gasteiger partial charge in [-0.05, 0) is 49.2 Å². The minimum Gasteiger partial charge on any atom is -0.465 e. The number of methoxy groups -OCH3 is 1. The number of hydrogen-bond acceptors (Lipinski definition) is 7. The highest BCUT2D eigenvalue weighted by atomic mass is 16.5. The Balaban J connectivity index is 1.91. The van der Waals surface area contributed by atoms with Crippen molar-refractivity contribution in [2.24, 2.45) is 0 Å². The van der Waals surface area contributed by atoms with Crippen molar-refractivity contribution in [3.8, 4) is 0 Å². The van der Waals surface area contributed by atoms with Crippen molar-refractivity contribution in [1.29, 1.82) is 0 Å². The first-order chi connectivity index (χ1) is 13.0. The first-order valence-electron chi connectivity index (χ1n) is 8.38. The number of rotatable bonds is 5. The molecule has 2 aromatic carbocycles. The van der Waals surface area contributed by atoms with Crippen molar-refractivity contribution >= 4 is 34.7 Å². The van der Waals surface area contributed by atoms with Gasteiger partial charge in [0.25, 0.3) is 0 Å². The molecule has 27 heavy (non-hydrogen) atoms. The van der Waals surface area contributed by atoms with Crippen LogP contribution in [0, 0.1) is 13.8 Å². The van der Waals surface area contributed by atoms with Crippen LogP contribution < -0.4 is 16.4 Å². The number of carbonyl (C=O) groups is 1. The highest BCUT2D eigenvalue weighted by Crippen LogP contribution is 2.30. The summed E-state index contributed by atoms with van der Waals surface area (Å²) in [6.45, 7) is 4.05. The average molecular weight is 363 g/mol. The maximum Gasteiger partial charge on any atom is 0.339 e. The van der Waals surface area contributed by atoms with Crippen molar-refractivity contribution in [2.75, 3.05) is 23.5 Å². The van der Waals surface area contributed by atoms with Crippen LogP contribution in [0.15, 0.2) is 48.8 Å². The van der Waals surface area contributed by atoms with Crippen LogP contribution in [0.1, 0.15) is 21.5 Å². The Morgan fingerprint density at radius 3 is 2.30 bits per heavy atom. The van der Waals surface area contributed by atoms with E-state index in [9.17, 15) is 4.79 Å². The number of anilines is 5. The van der Waals surface area contributed by atoms with E-state index in [-0.39, 0.29) is 0 Å². The molecular weight excluding hydrogens is 342 g/mol. The van der Waals surface area contributed by atoms with Crippen molar-refractivity contribution in [2.45, 2.75) is 13.8 Å². The molecule has 7 heteroatoms. The Kier molecular flexibility index (Phi) is 5.21. The fraction of sp³-hybridized carbons (Fsp3) is 0.150. The van der Waals surface area contributed by atoms with Gasteiger partial charge in [0, 0.05) is 5.69 Å². The number of para-hydroxylation sites is 1. The molecule has 0 unspecified atom stereocenters. The molecule has 1 aromatic heterocycles. The zero-order valence-corrected chi connectivity index (χ0v) is 15.4. The van der Waals surface area contributed by atoms with Crippen LogP contribution in [0.25, 0.3) is 0 Å². The standard InChI is InChI=1S/C20H21N5O2/c1-12-8-13(2)10-14(9-12)24-18-17(21)19(23-11-22-18)25-16-7-5-4-6-15(16)20(26)27-3/h4-11H,21H2,1-3H3,(H2,22,23,24,25). The number of esters is 1. The Bertz CT molecular complexity index is 968. The molecule has 0 spiro atoms. The van der Waals surface area contributed by atoms with E-state index in [0.29, 0.717) is 28.6 Å². The zero-order chi connectivity index (χ0) is 19.4. The van der Waals surface area contributed by atoms with Crippen LogP contribution >= 0.6 is 0 Å². The summed E-state index contributed by atoms with van der Waals surface area (Å²) < 4.78 is 4.81. The summed E-state index contributed by atoms with van der Waals surface area (Å²) in [6, 6.07) is 13.1. The van der Waals surface area contributed by atoms with Crippen molar-refractivity contribution in [3.05, 3.63) is 65.5 Å². The molecular formula is C20H21N5O2. The number of aryl methyl sites for hydroxylation is 2. The van der Waals surface area contributed by atoms with Gasteiger partial charge in [-0.1, -0.05) is 18.2 Å². The lowest BCUT2D eigenvalue weighted by Crippen LogP contribution is -2.09. The average Bonchev–Trinajstić information content (AvgIpc) is 2.64. The third-order valence-corrected chi connectivity index (χ3v) is 3.95. The van der Waals surface area contributed by atoms with Gasteiger partial charge in [-0.3, -0.25) is 0 Å². The van der Waals surface area contributed by atoms with Gasteiger partial charge in [-0.25, -0.2) is 14.8 Å². The van der Waals surface area contributed by atoms with Gasteiger partial charge in [0.1, 0.15) is 12.0 Å². The molecule has 0 radical (unpaired) electrons. The smallest absolute Gasteiger partial charge is 0.339 e. The Labute approximate surface area is 157 Å². The fourth-order valence-electron chi connectivity index (χ4n) is 2.79. The van der Waals surface area contributed by atoms with Crippen LogP contribution in [0.4, 0.5) is 28.7 Å². The predicted molar refractivity (Wildman–Crippen MR) is 107 cm³/mol. The molecule has 0 aliphatic rings. The molecule has 0 amide bonds. The summed E-state index contributed by atoms with van der Waals surface area (Å²) in [5, 5.41) is 6.31. The van der Waals surface area contributed by atoms with Crippen LogP contribution in [0.2, 0.25) is 0 Å². The number of carbonyl (C=O) groups excluding carboxylic acids is 1. The summed E-state index contributed by atoms with van der Waals surface area (Å²) in [5.74, 6) is 0.431. The van der Waals surface area contributed by atoms with E-state index in [4.69, 9.17) is 10.5 Å². The number of benzene rings is 2. The zero-order valence-electron chi connectivity index (χ0n) is 15.4. The third kappa shape index (κ3) is 4.14. The van der Waals surface area contributed by atoms with Gasteiger partial charge in [0.2, 0.25) is 0 Å². The molecule has 4 N–H and O–H groups in total. The second-order valence-corrected chi connectivity index (χ2v) is 6.15. The molecule has 0 fully saturated rings. The van der Waals surface area contributed by atoms with Gasteiger partial charge < -0.3 is 21.1 Å². The summed E-state index contributed by atoms with van der Waals surface area (Å²) in [5.41, 5.74) is 10.7. The second kappa shape index (κ2) is 7.74. The molecule has 0 saturated carbocycles. The highest BCUT2D eigenvalue weighted by molar-refractivity contribution is 5.97. The summed E-state index contributed by atoms with van der Waals surface area (Å²) in [4.78, 5) is 20.4. The van der Waals surface area contributed by atoms with Crippen LogP contribution in [0.3, 0.4) is 0 Å². The van der Waals surface area contributed by atoms with E-state index in [0.717, 1.165) is 16.8 Å². The molecule has 0 aliphatic carbocycles. The minimum atomic E-state index is -0.445. The molecule has 7 nitrogen and oxygen atoms in total. The van der Waals surface area contributed by atoms with E-state index in [2.05, 4.69) is 26.7 Å². The van der Waals surface area contributed by atoms with Crippen molar-refractivity contribution in [3.63, 3.8) is 0 Å². The van der Waals surface area contributed by atoms with Gasteiger partial charge in [-0.2, -0.15) is 0 Å². The number of nitrogens with two attached hydrogens (primary N) is 1. The normalized spacial score (nSPS) is 10.3. The quantitative estimate of drug-likeness (QED) is 0.590. The van der Waals surface area contributed by atoms with E-state index < -0.39 is 5.97 Å². The first kappa shape index (κ1) is 18.2. The summed E-state index contributed by atoms with van der Waals surface area (Å²) in [7, 11) is 1.34. The van der Waals surface area contributed by atoms with E-state index in [1.165, 1.54) is 13.4 Å². The molecule has 0 atom stereocenters. The maximum absolute atomic E-state index is 11.9. The predicted octanol–water partition coefficient (Wildman–Crippen LogP) is 3.95. The van der Waals surface area contributed by atoms with Crippen LogP contribution in [0.5, 0.6) is 0 Å². The lowest BCUT2D eigenvalue weighted by molar-refractivity contribution is 0.0602. The molecule has 138 valence electrons. The van der Waals surface area contributed by atoms with Crippen molar-refractivity contribution < 1.29 is 9.53 Å². The lowest BCUT2D eigenvalue weighted by Gasteiger charge is -2.14. The maximum atomic E-state index is 11.9. The van der Waals surface area contributed by atoms with E-state index in [1.54, 1.807) is 24.3 Å². The number of hydrogen-bond donors (Lipinski definition) is 3. The monoisotopic (exact) mass is 363 g/mol. The number of aromatic nitrogens is 2. The number of nitrogen functional groups attached to an aromatic ring is 1. The topological polar surface area (TPSA) is 102 Å². The largest absolute Gasteiger partial charge is 0.465 e. The van der Waals surface area contributed by atoms with Crippen LogP contribution in [-0.2, 0) is 4.74 Å². The second-order valence-electron chi connectivity index (χ2n) is 6.15. The fourth-order valence-corrected chi connectivity index (χ4v) is 2.79. The lowest BCUT2D eigenvalue weighted by atomic mass is 10.1. The molecule has 3 aromatic rings. The van der Waals surface area contributed by atoms with E-state index >= 15 is 0 Å². The van der Waals surface area contributed by atoms with Gasteiger partial charge >= 0.3 is 5.97 Å². The number of nitrogens with one attached hydrogen (secondary N) is 2. The first-order valence-corrected chi connectivity index (χ1v) is 8.38. The minimum absolute atomic E-state index is 0.344. The number of ether oxygens (including phenoxy) is 1. The SMILES string of the molecule is COC(=O)c1ccccc1Nc1ncnc(Nc2cc(C)cc(C)c2)c1N. The van der Waals surface area contributed by atoms with Gasteiger partial charge in [-0.15, -0.1) is 0 Å². The Morgan fingerprint density at radius 1 is 1.00 bits per heavy atom. The molecule has 0 aliphatic heterocycles. The van der Waals surface area contributed by atoms with Crippen LogP contribution in [-0.4, -0.2) is 23.0 Å². The third-order valence-electron chi connectivity index (χ3n) is 3.95. The number of nitrogens with zero attached hydrogens (tertiary/aromatic N) is 2. The molecule has 0 saturated heterocycles. The molecule has 0 bridgehead atoms. The molecule has 3 rings (SSSR count). The summed E-state index contributed by atoms with van der Waals surface area (Å²) in [6.07, 6.45) is 1.41. The van der Waals surface area contributed by atoms with Gasteiger partial charge in [0.15, 0.2) is 11.6 Å². The Hall–Kier alpha value is -3.61. The van der Waals surface area contributed by atoms with E-state index in [1.807, 2.05) is 26.0 Å². The summed E-state index contributed by atoms with van der Waals surface area (Å²) >= 11 is 0. The molecule has 1 heterocycles. The highest BCUT2D eigenvalue weighted by Gasteiger charge is 2.14. The Morgan fingerprint density at radius 2 is 1.63 bits per heavy atom. The van der Waals surface area contributed by atoms with Gasteiger partial charge in [0.05, 0.1) is 18.4 Å².